The molecule has 6 heteroatoms. The van der Waals surface area contributed by atoms with Crippen molar-refractivity contribution in [3.05, 3.63) is 114 Å². The van der Waals surface area contributed by atoms with Crippen LogP contribution in [0.25, 0.3) is 22.0 Å². The van der Waals surface area contributed by atoms with Gasteiger partial charge in [-0.2, -0.15) is 0 Å². The Hall–Kier alpha value is -4.71. The summed E-state index contributed by atoms with van der Waals surface area (Å²) in [5, 5.41) is 11.7. The summed E-state index contributed by atoms with van der Waals surface area (Å²) in [5.74, 6) is -0.423. The van der Waals surface area contributed by atoms with Gasteiger partial charge in [0.25, 0.3) is 0 Å². The molecule has 0 radical (unpaired) electrons. The number of ether oxygens (including phenoxy) is 1. The highest BCUT2D eigenvalue weighted by atomic mass is 16.5. The second-order valence-electron chi connectivity index (χ2n) is 7.94. The van der Waals surface area contributed by atoms with Crippen molar-refractivity contribution >= 4 is 28.3 Å². The first-order chi connectivity index (χ1) is 17.1. The fourth-order valence-electron chi connectivity index (χ4n) is 4.03. The second kappa shape index (κ2) is 9.65. The number of nitrogens with one attached hydrogen (secondary N) is 1. The van der Waals surface area contributed by atoms with Crippen LogP contribution in [0, 0.1) is 0 Å². The highest BCUT2D eigenvalue weighted by molar-refractivity contribution is 6.22. The van der Waals surface area contributed by atoms with Crippen molar-refractivity contribution in [3.63, 3.8) is 0 Å². The molecule has 2 N–H and O–H groups in total. The van der Waals surface area contributed by atoms with E-state index in [4.69, 9.17) is 9.73 Å². The summed E-state index contributed by atoms with van der Waals surface area (Å²) < 4.78 is 5.11. The number of aromatic hydroxyl groups is 1. The number of esters is 1. The van der Waals surface area contributed by atoms with Gasteiger partial charge in [-0.05, 0) is 54.4 Å². The van der Waals surface area contributed by atoms with Gasteiger partial charge in [0.2, 0.25) is 0 Å². The number of aromatic amines is 1. The van der Waals surface area contributed by atoms with Crippen LogP contribution in [0.15, 0.2) is 102 Å². The topological polar surface area (TPSA) is 87.6 Å². The lowest BCUT2D eigenvalue weighted by atomic mass is 10.00. The van der Waals surface area contributed by atoms with Gasteiger partial charge in [0.1, 0.15) is 0 Å². The highest BCUT2D eigenvalue weighted by Gasteiger charge is 2.20. The summed E-state index contributed by atoms with van der Waals surface area (Å²) in [6, 6.07) is 26.7. The molecule has 5 aromatic rings. The number of carbonyl (C=O) groups excluding carboxylic acids is 1. The Labute approximate surface area is 202 Å². The lowest BCUT2D eigenvalue weighted by Crippen LogP contribution is -2.05. The highest BCUT2D eigenvalue weighted by Crippen LogP contribution is 2.32. The molecule has 2 heterocycles. The minimum atomic E-state index is -0.406. The first-order valence-corrected chi connectivity index (χ1v) is 11.3. The van der Waals surface area contributed by atoms with Crippen LogP contribution in [0.4, 0.5) is 5.69 Å². The predicted octanol–water partition coefficient (Wildman–Crippen LogP) is 6.28. The number of H-pyrrole nitrogens is 1. The molecule has 2 aromatic heterocycles. The number of hydrogen-bond acceptors (Lipinski definition) is 5. The van der Waals surface area contributed by atoms with Crippen molar-refractivity contribution < 1.29 is 14.6 Å². The quantitative estimate of drug-likeness (QED) is 0.230. The molecular formula is C29H23N3O3. The molecule has 3 aromatic carbocycles. The molecule has 35 heavy (non-hydrogen) atoms. The van der Waals surface area contributed by atoms with Gasteiger partial charge in [0, 0.05) is 28.9 Å². The first-order valence-electron chi connectivity index (χ1n) is 11.3. The normalized spacial score (nSPS) is 11.5. The molecule has 0 bridgehead atoms. The van der Waals surface area contributed by atoms with Gasteiger partial charge >= 0.3 is 5.97 Å². The number of aliphatic imine (C=N–C) groups is 1. The Bertz CT molecular complexity index is 1510. The van der Waals surface area contributed by atoms with E-state index in [0.717, 1.165) is 27.8 Å². The number of aromatic nitrogens is 2. The Morgan fingerprint density at radius 3 is 2.34 bits per heavy atom. The number of fused-ring (bicyclic) bond motifs is 1. The summed E-state index contributed by atoms with van der Waals surface area (Å²) in [7, 11) is 0. The number of rotatable bonds is 6. The van der Waals surface area contributed by atoms with Gasteiger partial charge in [-0.25, -0.2) is 9.79 Å². The van der Waals surface area contributed by atoms with E-state index in [1.165, 1.54) is 0 Å². The predicted molar refractivity (Wildman–Crippen MR) is 137 cm³/mol. The summed E-state index contributed by atoms with van der Waals surface area (Å²) in [6.45, 7) is 2.06. The summed E-state index contributed by atoms with van der Waals surface area (Å²) in [6.07, 6.45) is 3.53. The van der Waals surface area contributed by atoms with Crippen molar-refractivity contribution in [1.29, 1.82) is 0 Å². The van der Waals surface area contributed by atoms with Crippen LogP contribution in [-0.2, 0) is 4.74 Å². The number of benzene rings is 3. The Morgan fingerprint density at radius 1 is 0.914 bits per heavy atom. The molecule has 172 valence electrons. The molecule has 0 fully saturated rings. The van der Waals surface area contributed by atoms with Gasteiger partial charge in [-0.15, -0.1) is 0 Å². The van der Waals surface area contributed by atoms with E-state index in [2.05, 4.69) is 9.97 Å². The first kappa shape index (κ1) is 22.1. The third-order valence-electron chi connectivity index (χ3n) is 5.70. The average Bonchev–Trinajstić information content (AvgIpc) is 3.23. The zero-order chi connectivity index (χ0) is 24.2. The Morgan fingerprint density at radius 2 is 1.63 bits per heavy atom. The maximum absolute atomic E-state index is 12.2. The van der Waals surface area contributed by atoms with Crippen LogP contribution in [0.5, 0.6) is 5.88 Å². The Balaban J connectivity index is 1.61. The van der Waals surface area contributed by atoms with Crippen molar-refractivity contribution in [3.8, 4) is 17.0 Å². The largest absolute Gasteiger partial charge is 0.494 e. The standard InChI is InChI=1S/C29H23N3O3/c1-2-35-29(34)22-10-13-24-25(18-22)32-28(33)26(24)27(21-6-4-3-5-7-21)31-23-11-8-19(9-12-23)20-14-16-30-17-15-20/h3-18,32-33H,2H2,1H3. The van der Waals surface area contributed by atoms with Gasteiger partial charge < -0.3 is 14.8 Å². The monoisotopic (exact) mass is 461 g/mol. The lowest BCUT2D eigenvalue weighted by molar-refractivity contribution is 0.0526. The van der Waals surface area contributed by atoms with E-state index in [9.17, 15) is 9.90 Å². The van der Waals surface area contributed by atoms with Crippen molar-refractivity contribution in [2.24, 2.45) is 4.99 Å². The number of nitrogens with zero attached hydrogens (tertiary/aromatic N) is 2. The molecule has 6 nitrogen and oxygen atoms in total. The molecular weight excluding hydrogens is 438 g/mol. The van der Waals surface area contributed by atoms with Crippen LogP contribution < -0.4 is 0 Å². The molecule has 0 spiro atoms. The maximum Gasteiger partial charge on any atom is 0.338 e. The van der Waals surface area contributed by atoms with E-state index in [1.807, 2.05) is 66.7 Å². The molecule has 0 aliphatic rings. The SMILES string of the molecule is CCOC(=O)c1ccc2c(C(=Nc3ccc(-c4ccncc4)cc3)c3ccccc3)c(O)[nH]c2c1. The van der Waals surface area contributed by atoms with Crippen LogP contribution in [0.3, 0.4) is 0 Å². The molecule has 0 aliphatic heterocycles. The smallest absolute Gasteiger partial charge is 0.338 e. The number of hydrogen-bond donors (Lipinski definition) is 2. The van der Waals surface area contributed by atoms with Gasteiger partial charge in [-0.1, -0.05) is 48.5 Å². The zero-order valence-corrected chi connectivity index (χ0v) is 19.1. The molecule has 0 saturated heterocycles. The maximum atomic E-state index is 12.2. The molecule has 0 amide bonds. The molecule has 0 atom stereocenters. The van der Waals surface area contributed by atoms with Crippen LogP contribution in [0.2, 0.25) is 0 Å². The van der Waals surface area contributed by atoms with Crippen LogP contribution in [-0.4, -0.2) is 33.4 Å². The lowest BCUT2D eigenvalue weighted by Gasteiger charge is -2.09. The summed E-state index contributed by atoms with van der Waals surface area (Å²) in [5.41, 5.74) is 5.97. The minimum Gasteiger partial charge on any atom is -0.494 e. The second-order valence-corrected chi connectivity index (χ2v) is 7.94. The van der Waals surface area contributed by atoms with Gasteiger partial charge in [-0.3, -0.25) is 4.98 Å². The number of carbonyl (C=O) groups is 1. The van der Waals surface area contributed by atoms with Crippen LogP contribution in [0.1, 0.15) is 28.4 Å². The van der Waals surface area contributed by atoms with E-state index >= 15 is 0 Å². The zero-order valence-electron chi connectivity index (χ0n) is 19.1. The van der Waals surface area contributed by atoms with E-state index in [0.29, 0.717) is 29.0 Å². The molecule has 5 rings (SSSR count). The fraction of sp³-hybridized carbons (Fsp3) is 0.0690. The van der Waals surface area contributed by atoms with Gasteiger partial charge in [0.05, 0.1) is 29.1 Å². The van der Waals surface area contributed by atoms with Crippen LogP contribution >= 0.6 is 0 Å². The molecule has 0 saturated carbocycles. The summed E-state index contributed by atoms with van der Waals surface area (Å²) in [4.78, 5) is 24.2. The number of pyridine rings is 1. The third kappa shape index (κ3) is 4.54. The third-order valence-corrected chi connectivity index (χ3v) is 5.70. The van der Waals surface area contributed by atoms with Crippen molar-refractivity contribution in [1.82, 2.24) is 9.97 Å². The Kier molecular flexibility index (Phi) is 6.09. The fourth-order valence-corrected chi connectivity index (χ4v) is 4.03. The van der Waals surface area contributed by atoms with E-state index < -0.39 is 5.97 Å². The molecule has 0 aliphatic carbocycles. The van der Waals surface area contributed by atoms with E-state index in [1.54, 1.807) is 37.5 Å². The van der Waals surface area contributed by atoms with Gasteiger partial charge in [0.15, 0.2) is 5.88 Å². The minimum absolute atomic E-state index is 0.0167. The van der Waals surface area contributed by atoms with Crippen molar-refractivity contribution in [2.75, 3.05) is 6.61 Å². The average molecular weight is 462 g/mol. The van der Waals surface area contributed by atoms with Crippen molar-refractivity contribution in [2.45, 2.75) is 6.92 Å². The van der Waals surface area contributed by atoms with E-state index in [-0.39, 0.29) is 5.88 Å². The summed E-state index contributed by atoms with van der Waals surface area (Å²) >= 11 is 0. The molecule has 0 unspecified atom stereocenters.